The van der Waals surface area contributed by atoms with Crippen LogP contribution in [0.15, 0.2) is 23.0 Å². The molecule has 0 fully saturated rings. The van der Waals surface area contributed by atoms with Crippen molar-refractivity contribution in [3.8, 4) is 17.2 Å². The third kappa shape index (κ3) is 3.20. The molecule has 0 aliphatic rings. The summed E-state index contributed by atoms with van der Waals surface area (Å²) < 4.78 is 1.68. The zero-order chi connectivity index (χ0) is 18.1. The lowest BCUT2D eigenvalue weighted by molar-refractivity contribution is 0.607. The van der Waals surface area contributed by atoms with Crippen molar-refractivity contribution in [2.75, 3.05) is 0 Å². The maximum Gasteiger partial charge on any atom is 0.262 e. The number of fused-ring (bicyclic) bond motifs is 1. The van der Waals surface area contributed by atoms with Gasteiger partial charge in [-0.1, -0.05) is 17.7 Å². The van der Waals surface area contributed by atoms with Crippen LogP contribution in [-0.2, 0) is 6.54 Å². The second-order valence-corrected chi connectivity index (χ2v) is 7.67. The Hall–Kier alpha value is -2.16. The van der Waals surface area contributed by atoms with Crippen LogP contribution in [0.5, 0.6) is 0 Å². The number of halogens is 1. The fourth-order valence-electron chi connectivity index (χ4n) is 3.02. The fourth-order valence-corrected chi connectivity index (χ4v) is 4.22. The van der Waals surface area contributed by atoms with Gasteiger partial charge < -0.3 is 0 Å². The molecule has 0 bridgehead atoms. The molecule has 4 nitrogen and oxygen atoms in total. The first-order chi connectivity index (χ1) is 11.9. The lowest BCUT2D eigenvalue weighted by atomic mass is 10.0. The van der Waals surface area contributed by atoms with Gasteiger partial charge >= 0.3 is 0 Å². The maximum absolute atomic E-state index is 13.1. The van der Waals surface area contributed by atoms with E-state index in [1.54, 1.807) is 4.57 Å². The van der Waals surface area contributed by atoms with Crippen molar-refractivity contribution in [1.29, 1.82) is 5.26 Å². The number of nitriles is 1. The molecular formula is C19H18ClN3OS. The van der Waals surface area contributed by atoms with Crippen molar-refractivity contribution in [2.24, 2.45) is 0 Å². The quantitative estimate of drug-likeness (QED) is 0.606. The number of thiophene rings is 1. The molecule has 25 heavy (non-hydrogen) atoms. The number of nitrogens with zero attached hydrogens (tertiary/aromatic N) is 3. The highest BCUT2D eigenvalue weighted by atomic mass is 35.5. The summed E-state index contributed by atoms with van der Waals surface area (Å²) in [5.74, 6) is 0.690. The molecule has 0 atom stereocenters. The number of aromatic nitrogens is 2. The Labute approximate surface area is 155 Å². The lowest BCUT2D eigenvalue weighted by Gasteiger charge is -2.10. The van der Waals surface area contributed by atoms with E-state index in [1.165, 1.54) is 11.3 Å². The minimum atomic E-state index is -0.0348. The van der Waals surface area contributed by atoms with Crippen LogP contribution in [0.4, 0.5) is 0 Å². The number of hydrogen-bond acceptors (Lipinski definition) is 4. The summed E-state index contributed by atoms with van der Waals surface area (Å²) in [4.78, 5) is 19.6. The molecule has 2 heterocycles. The molecule has 6 heteroatoms. The van der Waals surface area contributed by atoms with E-state index in [4.69, 9.17) is 16.9 Å². The van der Waals surface area contributed by atoms with Gasteiger partial charge in [0, 0.05) is 28.4 Å². The normalized spacial score (nSPS) is 11.0. The van der Waals surface area contributed by atoms with E-state index >= 15 is 0 Å². The Bertz CT molecular complexity index is 1060. The molecular weight excluding hydrogens is 354 g/mol. The second-order valence-electron chi connectivity index (χ2n) is 6.05. The summed E-state index contributed by atoms with van der Waals surface area (Å²) >= 11 is 7.69. The third-order valence-corrected chi connectivity index (χ3v) is 5.72. The summed E-state index contributed by atoms with van der Waals surface area (Å²) in [6, 6.07) is 7.94. The largest absolute Gasteiger partial charge is 0.296 e. The van der Waals surface area contributed by atoms with E-state index < -0.39 is 0 Å². The number of hydrogen-bond donors (Lipinski definition) is 0. The zero-order valence-corrected chi connectivity index (χ0v) is 16.0. The van der Waals surface area contributed by atoms with Gasteiger partial charge in [-0.15, -0.1) is 11.3 Å². The highest BCUT2D eigenvalue weighted by Crippen LogP contribution is 2.36. The van der Waals surface area contributed by atoms with E-state index in [9.17, 15) is 4.79 Å². The van der Waals surface area contributed by atoms with E-state index in [-0.39, 0.29) is 5.56 Å². The molecule has 0 spiro atoms. The predicted molar refractivity (Wildman–Crippen MR) is 103 cm³/mol. The first kappa shape index (κ1) is 17.7. The Kier molecular flexibility index (Phi) is 4.94. The topological polar surface area (TPSA) is 58.7 Å². The highest BCUT2D eigenvalue weighted by molar-refractivity contribution is 7.19. The molecule has 0 N–H and O–H groups in total. The third-order valence-electron chi connectivity index (χ3n) is 4.30. The number of unbranched alkanes of at least 4 members (excludes halogenated alkanes) is 1. The van der Waals surface area contributed by atoms with Crippen LogP contribution in [0.25, 0.3) is 21.3 Å². The average molecular weight is 372 g/mol. The minimum Gasteiger partial charge on any atom is -0.296 e. The van der Waals surface area contributed by atoms with Crippen LogP contribution in [-0.4, -0.2) is 9.55 Å². The van der Waals surface area contributed by atoms with Crippen LogP contribution in [0.1, 0.15) is 29.1 Å². The Balaban J connectivity index is 2.24. The number of aryl methyl sites for hydroxylation is 3. The van der Waals surface area contributed by atoms with Crippen LogP contribution in [0.2, 0.25) is 5.02 Å². The molecule has 0 amide bonds. The minimum absolute atomic E-state index is 0.0348. The van der Waals surface area contributed by atoms with Crippen LogP contribution < -0.4 is 5.56 Å². The van der Waals surface area contributed by atoms with E-state index in [0.29, 0.717) is 35.6 Å². The van der Waals surface area contributed by atoms with Gasteiger partial charge in [-0.3, -0.25) is 9.36 Å². The summed E-state index contributed by atoms with van der Waals surface area (Å²) in [7, 11) is 0. The van der Waals surface area contributed by atoms with Gasteiger partial charge in [-0.2, -0.15) is 5.26 Å². The Morgan fingerprint density at radius 3 is 2.76 bits per heavy atom. The van der Waals surface area contributed by atoms with Crippen molar-refractivity contribution < 1.29 is 0 Å². The number of benzene rings is 1. The molecule has 0 aliphatic heterocycles. The molecule has 1 aromatic carbocycles. The standard InChI is InChI=1S/C19H18ClN3OS/c1-11-10-14(6-7-15(11)20)16-12(2)25-18-17(16)19(24)23(13(3)22-18)9-5-4-8-21/h6-7,10H,4-5,9H2,1-3H3. The van der Waals surface area contributed by atoms with Gasteiger partial charge in [-0.25, -0.2) is 4.98 Å². The monoisotopic (exact) mass is 371 g/mol. The lowest BCUT2D eigenvalue weighted by Crippen LogP contribution is -2.23. The Morgan fingerprint density at radius 2 is 2.08 bits per heavy atom. The van der Waals surface area contributed by atoms with Crippen LogP contribution in [0.3, 0.4) is 0 Å². The summed E-state index contributed by atoms with van der Waals surface area (Å²) in [5.41, 5.74) is 2.86. The smallest absolute Gasteiger partial charge is 0.262 e. The van der Waals surface area contributed by atoms with Gasteiger partial charge in [0.1, 0.15) is 10.7 Å². The van der Waals surface area contributed by atoms with Crippen LogP contribution >= 0.6 is 22.9 Å². The van der Waals surface area contributed by atoms with Gasteiger partial charge in [0.2, 0.25) is 0 Å². The predicted octanol–water partition coefficient (Wildman–Crippen LogP) is 5.01. The summed E-state index contributed by atoms with van der Waals surface area (Å²) in [6.07, 6.45) is 1.07. The van der Waals surface area contributed by atoms with Crippen molar-refractivity contribution in [3.63, 3.8) is 0 Å². The molecule has 0 unspecified atom stereocenters. The number of rotatable bonds is 4. The molecule has 128 valence electrons. The summed E-state index contributed by atoms with van der Waals surface area (Å²) in [5, 5.41) is 10.1. The molecule has 0 aliphatic carbocycles. The first-order valence-corrected chi connectivity index (χ1v) is 9.27. The average Bonchev–Trinajstić information content (AvgIpc) is 2.89. The van der Waals surface area contributed by atoms with E-state index in [1.807, 2.05) is 39.0 Å². The van der Waals surface area contributed by atoms with Crippen molar-refractivity contribution in [1.82, 2.24) is 9.55 Å². The molecule has 3 rings (SSSR count). The first-order valence-electron chi connectivity index (χ1n) is 8.08. The SMILES string of the molecule is Cc1cc(-c2c(C)sc3nc(C)n(CCCC#N)c(=O)c23)ccc1Cl. The second kappa shape index (κ2) is 6.99. The van der Waals surface area contributed by atoms with Crippen LogP contribution in [0, 0.1) is 32.1 Å². The van der Waals surface area contributed by atoms with Gasteiger partial charge in [0.15, 0.2) is 0 Å². The van der Waals surface area contributed by atoms with Crippen molar-refractivity contribution in [2.45, 2.75) is 40.2 Å². The maximum atomic E-state index is 13.1. The molecule has 3 aromatic rings. The zero-order valence-electron chi connectivity index (χ0n) is 14.4. The fraction of sp³-hybridized carbons (Fsp3) is 0.316. The highest BCUT2D eigenvalue weighted by Gasteiger charge is 2.18. The molecule has 2 aromatic heterocycles. The van der Waals surface area contributed by atoms with E-state index in [0.717, 1.165) is 26.4 Å². The Morgan fingerprint density at radius 1 is 1.32 bits per heavy atom. The molecule has 0 saturated carbocycles. The van der Waals surface area contributed by atoms with Crippen molar-refractivity contribution >= 4 is 33.2 Å². The van der Waals surface area contributed by atoms with Gasteiger partial charge in [0.25, 0.3) is 5.56 Å². The van der Waals surface area contributed by atoms with E-state index in [2.05, 4.69) is 11.1 Å². The van der Waals surface area contributed by atoms with Gasteiger partial charge in [-0.05, 0) is 50.5 Å². The van der Waals surface area contributed by atoms with Gasteiger partial charge in [0.05, 0.1) is 11.5 Å². The molecule has 0 radical (unpaired) electrons. The van der Waals surface area contributed by atoms with Crippen molar-refractivity contribution in [3.05, 3.63) is 49.8 Å². The summed E-state index contributed by atoms with van der Waals surface area (Å²) in [6.45, 7) is 6.32. The molecule has 0 saturated heterocycles.